The lowest BCUT2D eigenvalue weighted by Crippen LogP contribution is -2.46. The molecule has 1 aliphatic rings. The predicted octanol–water partition coefficient (Wildman–Crippen LogP) is 1.15. The van der Waals surface area contributed by atoms with Crippen molar-refractivity contribution in [1.82, 2.24) is 20.1 Å². The minimum atomic E-state index is 0.0817. The summed E-state index contributed by atoms with van der Waals surface area (Å²) in [6.45, 7) is 5.90. The Labute approximate surface area is 124 Å². The Kier molecular flexibility index (Phi) is 4.22. The number of amides is 1. The van der Waals surface area contributed by atoms with Crippen molar-refractivity contribution in [3.05, 3.63) is 36.0 Å². The number of carbonyl (C=O) groups excluding carboxylic acids is 1. The first-order chi connectivity index (χ1) is 10.3. The summed E-state index contributed by atoms with van der Waals surface area (Å²) in [7, 11) is 1.88. The number of H-pyrrole nitrogens is 1. The molecule has 2 heterocycles. The molecule has 5 heteroatoms. The molecule has 1 amide bonds. The molecule has 0 atom stereocenters. The molecule has 1 saturated heterocycles. The fraction of sp³-hybridized carbons (Fsp3) is 0.438. The second kappa shape index (κ2) is 6.28. The van der Waals surface area contributed by atoms with Gasteiger partial charge in [-0.25, -0.2) is 0 Å². The van der Waals surface area contributed by atoms with Crippen molar-refractivity contribution < 1.29 is 4.79 Å². The molecular weight excluding hydrogens is 264 g/mol. The highest BCUT2D eigenvalue weighted by atomic mass is 16.2. The van der Waals surface area contributed by atoms with Crippen molar-refractivity contribution in [2.45, 2.75) is 0 Å². The van der Waals surface area contributed by atoms with Crippen molar-refractivity contribution in [2.24, 2.45) is 0 Å². The van der Waals surface area contributed by atoms with Gasteiger partial charge in [-0.15, -0.1) is 0 Å². The second-order valence-corrected chi connectivity index (χ2v) is 5.57. The molecule has 3 rings (SSSR count). The van der Waals surface area contributed by atoms with Crippen LogP contribution in [-0.4, -0.2) is 67.0 Å². The van der Waals surface area contributed by atoms with Crippen LogP contribution in [0.5, 0.6) is 0 Å². The Hall–Kier alpha value is -1.85. The zero-order chi connectivity index (χ0) is 14.7. The van der Waals surface area contributed by atoms with Gasteiger partial charge in [-0.05, 0) is 12.1 Å². The van der Waals surface area contributed by atoms with Crippen LogP contribution in [0.25, 0.3) is 10.9 Å². The molecule has 0 unspecified atom stereocenters. The van der Waals surface area contributed by atoms with E-state index in [9.17, 15) is 4.79 Å². The first kappa shape index (κ1) is 14.1. The smallest absolute Gasteiger partial charge is 0.255 e. The van der Waals surface area contributed by atoms with E-state index in [1.54, 1.807) is 0 Å². The van der Waals surface area contributed by atoms with E-state index < -0.39 is 0 Å². The molecule has 1 aromatic heterocycles. The van der Waals surface area contributed by atoms with E-state index in [0.29, 0.717) is 0 Å². The second-order valence-electron chi connectivity index (χ2n) is 5.57. The van der Waals surface area contributed by atoms with Crippen LogP contribution in [0.4, 0.5) is 0 Å². The number of hydrogen-bond donors (Lipinski definition) is 2. The number of carbonyl (C=O) groups is 1. The SMILES string of the molecule is CN(CCN1CCNCC1)C(=O)c1cccc2cc[nH]c12. The monoisotopic (exact) mass is 286 g/mol. The van der Waals surface area contributed by atoms with Crippen LogP contribution in [0.15, 0.2) is 30.5 Å². The van der Waals surface area contributed by atoms with E-state index in [2.05, 4.69) is 15.2 Å². The van der Waals surface area contributed by atoms with Gasteiger partial charge < -0.3 is 15.2 Å². The highest BCUT2D eigenvalue weighted by molar-refractivity contribution is 6.05. The van der Waals surface area contributed by atoms with Gasteiger partial charge in [0.1, 0.15) is 0 Å². The number of benzene rings is 1. The third-order valence-electron chi connectivity index (χ3n) is 4.13. The molecule has 1 aliphatic heterocycles. The molecule has 2 N–H and O–H groups in total. The summed E-state index contributed by atoms with van der Waals surface area (Å²) in [6.07, 6.45) is 1.88. The molecule has 112 valence electrons. The molecule has 2 aromatic rings. The number of nitrogens with one attached hydrogen (secondary N) is 2. The molecule has 5 nitrogen and oxygen atoms in total. The number of fused-ring (bicyclic) bond motifs is 1. The number of likely N-dealkylation sites (N-methyl/N-ethyl adjacent to an activating group) is 1. The maximum absolute atomic E-state index is 12.6. The van der Waals surface area contributed by atoms with Crippen molar-refractivity contribution in [3.8, 4) is 0 Å². The number of aromatic amines is 1. The van der Waals surface area contributed by atoms with Crippen LogP contribution in [-0.2, 0) is 0 Å². The Morgan fingerprint density at radius 2 is 2.10 bits per heavy atom. The minimum absolute atomic E-state index is 0.0817. The quantitative estimate of drug-likeness (QED) is 0.886. The van der Waals surface area contributed by atoms with E-state index in [1.165, 1.54) is 0 Å². The fourth-order valence-electron chi connectivity index (χ4n) is 2.80. The zero-order valence-electron chi connectivity index (χ0n) is 12.4. The van der Waals surface area contributed by atoms with Gasteiger partial charge in [0.05, 0.1) is 11.1 Å². The highest BCUT2D eigenvalue weighted by Crippen LogP contribution is 2.18. The third kappa shape index (κ3) is 3.09. The van der Waals surface area contributed by atoms with Crippen molar-refractivity contribution in [1.29, 1.82) is 0 Å². The molecule has 1 aromatic carbocycles. The zero-order valence-corrected chi connectivity index (χ0v) is 12.4. The normalized spacial score (nSPS) is 16.2. The number of nitrogens with zero attached hydrogens (tertiary/aromatic N) is 2. The lowest BCUT2D eigenvalue weighted by molar-refractivity contribution is 0.0776. The van der Waals surface area contributed by atoms with Crippen molar-refractivity contribution in [3.63, 3.8) is 0 Å². The van der Waals surface area contributed by atoms with Gasteiger partial charge in [0.15, 0.2) is 0 Å². The number of rotatable bonds is 4. The van der Waals surface area contributed by atoms with Crippen molar-refractivity contribution >= 4 is 16.8 Å². The van der Waals surface area contributed by atoms with Crippen molar-refractivity contribution in [2.75, 3.05) is 46.3 Å². The molecule has 0 aliphatic carbocycles. The van der Waals surface area contributed by atoms with E-state index >= 15 is 0 Å². The van der Waals surface area contributed by atoms with Gasteiger partial charge in [0.2, 0.25) is 0 Å². The van der Waals surface area contributed by atoms with Crippen LogP contribution in [0, 0.1) is 0 Å². The minimum Gasteiger partial charge on any atom is -0.361 e. The van der Waals surface area contributed by atoms with Gasteiger partial charge in [0, 0.05) is 57.9 Å². The summed E-state index contributed by atoms with van der Waals surface area (Å²) in [4.78, 5) is 20.0. The Bertz CT molecular complexity index is 616. The summed E-state index contributed by atoms with van der Waals surface area (Å²) in [5.41, 5.74) is 1.68. The summed E-state index contributed by atoms with van der Waals surface area (Å²) in [5.74, 6) is 0.0817. The average molecular weight is 286 g/mol. The largest absolute Gasteiger partial charge is 0.361 e. The third-order valence-corrected chi connectivity index (χ3v) is 4.13. The molecule has 0 bridgehead atoms. The van der Waals surface area contributed by atoms with Crippen LogP contribution < -0.4 is 5.32 Å². The van der Waals surface area contributed by atoms with E-state index in [-0.39, 0.29) is 5.91 Å². The lowest BCUT2D eigenvalue weighted by Gasteiger charge is -2.29. The molecule has 21 heavy (non-hydrogen) atoms. The summed E-state index contributed by atoms with van der Waals surface area (Å²) in [5, 5.41) is 4.42. The van der Waals surface area contributed by atoms with Crippen LogP contribution in [0.3, 0.4) is 0 Å². The molecule has 0 saturated carbocycles. The predicted molar refractivity (Wildman–Crippen MR) is 84.6 cm³/mol. The highest BCUT2D eigenvalue weighted by Gasteiger charge is 2.16. The molecule has 0 spiro atoms. The summed E-state index contributed by atoms with van der Waals surface area (Å²) >= 11 is 0. The molecule has 0 radical (unpaired) electrons. The summed E-state index contributed by atoms with van der Waals surface area (Å²) in [6, 6.07) is 7.84. The number of aromatic nitrogens is 1. The van der Waals surface area contributed by atoms with Gasteiger partial charge in [0.25, 0.3) is 5.91 Å². The topological polar surface area (TPSA) is 51.4 Å². The van der Waals surface area contributed by atoms with E-state index in [4.69, 9.17) is 0 Å². The summed E-state index contributed by atoms with van der Waals surface area (Å²) < 4.78 is 0. The Morgan fingerprint density at radius 1 is 1.29 bits per heavy atom. The van der Waals surface area contributed by atoms with Crippen LogP contribution in [0.2, 0.25) is 0 Å². The van der Waals surface area contributed by atoms with Crippen LogP contribution in [0.1, 0.15) is 10.4 Å². The average Bonchev–Trinajstić information content (AvgIpc) is 3.01. The van der Waals surface area contributed by atoms with Gasteiger partial charge >= 0.3 is 0 Å². The number of hydrogen-bond acceptors (Lipinski definition) is 3. The standard InChI is InChI=1S/C16H22N4O/c1-19(11-12-20-9-7-17-8-10-20)16(21)14-4-2-3-13-5-6-18-15(13)14/h2-6,17-18H,7-12H2,1H3. The lowest BCUT2D eigenvalue weighted by atomic mass is 10.1. The van der Waals surface area contributed by atoms with Gasteiger partial charge in [-0.1, -0.05) is 12.1 Å². The van der Waals surface area contributed by atoms with Gasteiger partial charge in [-0.2, -0.15) is 0 Å². The fourth-order valence-corrected chi connectivity index (χ4v) is 2.80. The van der Waals surface area contributed by atoms with Crippen LogP contribution >= 0.6 is 0 Å². The van der Waals surface area contributed by atoms with E-state index in [0.717, 1.165) is 55.7 Å². The number of piperazine rings is 1. The molecule has 1 fully saturated rings. The first-order valence-electron chi connectivity index (χ1n) is 7.50. The number of para-hydroxylation sites is 1. The first-order valence-corrected chi connectivity index (χ1v) is 7.50. The maximum Gasteiger partial charge on any atom is 0.255 e. The van der Waals surface area contributed by atoms with E-state index in [1.807, 2.05) is 42.4 Å². The molecular formula is C16H22N4O. The van der Waals surface area contributed by atoms with Gasteiger partial charge in [-0.3, -0.25) is 9.69 Å². The Morgan fingerprint density at radius 3 is 2.90 bits per heavy atom. The Balaban J connectivity index is 1.65. The maximum atomic E-state index is 12.6.